The molecule has 2 aromatic carbocycles. The van der Waals surface area contributed by atoms with Crippen molar-refractivity contribution in [1.29, 1.82) is 0 Å². The summed E-state index contributed by atoms with van der Waals surface area (Å²) in [6, 6.07) is 7.69. The van der Waals surface area contributed by atoms with E-state index in [1.165, 1.54) is 18.2 Å². The predicted octanol–water partition coefficient (Wildman–Crippen LogP) is 4.37. The van der Waals surface area contributed by atoms with Gasteiger partial charge >= 0.3 is 0 Å². The highest BCUT2D eigenvalue weighted by Gasteiger charge is 2.13. The number of aromatic nitrogens is 2. The Bertz CT molecular complexity index is 821. The van der Waals surface area contributed by atoms with Gasteiger partial charge in [0.15, 0.2) is 17.5 Å². The molecule has 20 heavy (non-hydrogen) atoms. The summed E-state index contributed by atoms with van der Waals surface area (Å²) >= 11 is 5.93. The predicted molar refractivity (Wildman–Crippen MR) is 69.9 cm³/mol. The summed E-state index contributed by atoms with van der Waals surface area (Å²) in [5.74, 6) is -2.59. The largest absolute Gasteiger partial charge is 0.228 e. The van der Waals surface area contributed by atoms with Gasteiger partial charge in [0.2, 0.25) is 0 Å². The normalized spacial score (nSPS) is 11.0. The van der Waals surface area contributed by atoms with Gasteiger partial charge in [-0.2, -0.15) is 0 Å². The first-order valence-corrected chi connectivity index (χ1v) is 6.01. The number of nitrogens with zero attached hydrogens (tertiary/aromatic N) is 2. The fourth-order valence-electron chi connectivity index (χ4n) is 1.85. The molecule has 0 amide bonds. The van der Waals surface area contributed by atoms with Crippen molar-refractivity contribution in [3.63, 3.8) is 0 Å². The van der Waals surface area contributed by atoms with Gasteiger partial charge in [-0.1, -0.05) is 23.7 Å². The van der Waals surface area contributed by atoms with Crippen LogP contribution in [0.4, 0.5) is 13.2 Å². The first kappa shape index (κ1) is 12.9. The highest BCUT2D eigenvalue weighted by molar-refractivity contribution is 6.34. The number of hydrogen-bond acceptors (Lipinski definition) is 2. The molecule has 3 aromatic rings. The number of fused-ring (bicyclic) bond motifs is 1. The minimum atomic E-state index is -1.05. The van der Waals surface area contributed by atoms with Crippen LogP contribution >= 0.6 is 11.6 Å². The Morgan fingerprint density at radius 3 is 2.30 bits per heavy atom. The molecular weight excluding hydrogens is 289 g/mol. The zero-order chi connectivity index (χ0) is 14.3. The third kappa shape index (κ3) is 2.10. The molecule has 0 aliphatic rings. The lowest BCUT2D eigenvalue weighted by molar-refractivity contribution is 0.510. The van der Waals surface area contributed by atoms with Gasteiger partial charge in [-0.15, -0.1) is 0 Å². The third-order valence-corrected chi connectivity index (χ3v) is 3.09. The molecule has 0 saturated carbocycles. The van der Waals surface area contributed by atoms with E-state index in [0.29, 0.717) is 0 Å². The van der Waals surface area contributed by atoms with Crippen molar-refractivity contribution in [2.45, 2.75) is 0 Å². The van der Waals surface area contributed by atoms with E-state index in [1.807, 2.05) is 0 Å². The van der Waals surface area contributed by atoms with E-state index in [9.17, 15) is 13.2 Å². The summed E-state index contributed by atoms with van der Waals surface area (Å²) in [7, 11) is 0. The van der Waals surface area contributed by atoms with E-state index in [2.05, 4.69) is 9.97 Å². The molecule has 0 unspecified atom stereocenters. The van der Waals surface area contributed by atoms with E-state index in [1.54, 1.807) is 6.07 Å². The fourth-order valence-corrected chi connectivity index (χ4v) is 2.08. The number of halogens is 4. The lowest BCUT2D eigenvalue weighted by Crippen LogP contribution is -1.96. The van der Waals surface area contributed by atoms with Crippen LogP contribution in [0.2, 0.25) is 5.15 Å². The molecule has 0 N–H and O–H groups in total. The van der Waals surface area contributed by atoms with Gasteiger partial charge in [-0.25, -0.2) is 23.1 Å². The Morgan fingerprint density at radius 1 is 0.850 bits per heavy atom. The molecule has 0 saturated heterocycles. The Morgan fingerprint density at radius 2 is 1.55 bits per heavy atom. The summed E-state index contributed by atoms with van der Waals surface area (Å²) in [6.45, 7) is 0. The molecule has 0 aliphatic carbocycles. The molecule has 0 fully saturated rings. The molecule has 6 heteroatoms. The van der Waals surface area contributed by atoms with Crippen LogP contribution in [0.25, 0.3) is 22.3 Å². The van der Waals surface area contributed by atoms with Crippen LogP contribution in [0.1, 0.15) is 0 Å². The summed E-state index contributed by atoms with van der Waals surface area (Å²) < 4.78 is 40.1. The van der Waals surface area contributed by atoms with Crippen molar-refractivity contribution < 1.29 is 13.2 Å². The minimum Gasteiger partial charge on any atom is -0.228 e. The first-order valence-electron chi connectivity index (χ1n) is 5.63. The molecule has 2 nitrogen and oxygen atoms in total. The summed E-state index contributed by atoms with van der Waals surface area (Å²) in [6.07, 6.45) is 0. The summed E-state index contributed by atoms with van der Waals surface area (Å²) in [5, 5.41) is 0.109. The average molecular weight is 295 g/mol. The van der Waals surface area contributed by atoms with Crippen LogP contribution in [0, 0.1) is 17.5 Å². The zero-order valence-electron chi connectivity index (χ0n) is 9.87. The van der Waals surface area contributed by atoms with Crippen LogP contribution in [-0.4, -0.2) is 9.97 Å². The standard InChI is InChI=1S/C14H6ClF3N2/c15-13-8-5-10(17)11(18)6-12(8)19-14(20-13)7-3-1-2-4-9(7)16/h1-6H. The molecule has 0 aliphatic heterocycles. The van der Waals surface area contributed by atoms with Gasteiger partial charge in [0.05, 0.1) is 11.1 Å². The zero-order valence-corrected chi connectivity index (χ0v) is 10.6. The molecule has 3 rings (SSSR count). The van der Waals surface area contributed by atoms with Gasteiger partial charge in [0, 0.05) is 11.5 Å². The maximum absolute atomic E-state index is 13.7. The number of benzene rings is 2. The highest BCUT2D eigenvalue weighted by Crippen LogP contribution is 2.27. The molecule has 100 valence electrons. The fraction of sp³-hybridized carbons (Fsp3) is 0. The molecule has 1 heterocycles. The average Bonchev–Trinajstić information content (AvgIpc) is 2.41. The maximum atomic E-state index is 13.7. The molecule has 1 aromatic heterocycles. The van der Waals surface area contributed by atoms with Gasteiger partial charge in [0.25, 0.3) is 0 Å². The monoisotopic (exact) mass is 294 g/mol. The van der Waals surface area contributed by atoms with Crippen LogP contribution in [0.3, 0.4) is 0 Å². The van der Waals surface area contributed by atoms with E-state index in [4.69, 9.17) is 11.6 Å². The lowest BCUT2D eigenvalue weighted by Gasteiger charge is -2.06. The topological polar surface area (TPSA) is 25.8 Å². The van der Waals surface area contributed by atoms with Gasteiger partial charge < -0.3 is 0 Å². The molecular formula is C14H6ClF3N2. The van der Waals surface area contributed by atoms with Crippen molar-refractivity contribution in [2.24, 2.45) is 0 Å². The highest BCUT2D eigenvalue weighted by atomic mass is 35.5. The number of hydrogen-bond donors (Lipinski definition) is 0. The second-order valence-electron chi connectivity index (χ2n) is 4.10. The lowest BCUT2D eigenvalue weighted by atomic mass is 10.2. The second-order valence-corrected chi connectivity index (χ2v) is 4.46. The van der Waals surface area contributed by atoms with Crippen molar-refractivity contribution in [2.75, 3.05) is 0 Å². The Hall–Kier alpha value is -2.14. The van der Waals surface area contributed by atoms with E-state index in [-0.39, 0.29) is 27.4 Å². The van der Waals surface area contributed by atoms with Gasteiger partial charge in [0.1, 0.15) is 11.0 Å². The summed E-state index contributed by atoms with van der Waals surface area (Å²) in [4.78, 5) is 7.96. The number of rotatable bonds is 1. The SMILES string of the molecule is Fc1cc2nc(-c3ccccc3F)nc(Cl)c2cc1F. The van der Waals surface area contributed by atoms with Gasteiger partial charge in [-0.05, 0) is 18.2 Å². The summed E-state index contributed by atoms with van der Waals surface area (Å²) in [5.41, 5.74) is 0.253. The first-order chi connectivity index (χ1) is 9.56. The molecule has 0 bridgehead atoms. The van der Waals surface area contributed by atoms with E-state index < -0.39 is 17.5 Å². The quantitative estimate of drug-likeness (QED) is 0.623. The maximum Gasteiger partial charge on any atom is 0.164 e. The van der Waals surface area contributed by atoms with Crippen LogP contribution < -0.4 is 0 Å². The Labute approximate surface area is 116 Å². The molecule has 0 atom stereocenters. The minimum absolute atomic E-state index is 0.0200. The van der Waals surface area contributed by atoms with Crippen molar-refractivity contribution >= 4 is 22.5 Å². The van der Waals surface area contributed by atoms with Crippen molar-refractivity contribution in [3.8, 4) is 11.4 Å². The van der Waals surface area contributed by atoms with Crippen LogP contribution in [0.5, 0.6) is 0 Å². The van der Waals surface area contributed by atoms with E-state index in [0.717, 1.165) is 12.1 Å². The molecule has 0 spiro atoms. The Balaban J connectivity index is 2.30. The molecule has 0 radical (unpaired) electrons. The second kappa shape index (κ2) is 4.76. The van der Waals surface area contributed by atoms with Crippen molar-refractivity contribution in [3.05, 3.63) is 59.0 Å². The van der Waals surface area contributed by atoms with Gasteiger partial charge in [-0.3, -0.25) is 0 Å². The van der Waals surface area contributed by atoms with Crippen LogP contribution in [0.15, 0.2) is 36.4 Å². The van der Waals surface area contributed by atoms with E-state index >= 15 is 0 Å². The third-order valence-electron chi connectivity index (χ3n) is 2.81. The van der Waals surface area contributed by atoms with Crippen molar-refractivity contribution in [1.82, 2.24) is 9.97 Å². The smallest absolute Gasteiger partial charge is 0.164 e. The Kier molecular flexibility index (Phi) is 3.06. The van der Waals surface area contributed by atoms with Crippen LogP contribution in [-0.2, 0) is 0 Å².